The molecule has 1 aromatic heterocycles. The molecule has 1 heterocycles. The molecule has 0 fully saturated rings. The van der Waals surface area contributed by atoms with Crippen LogP contribution in [0.4, 0.5) is 9.52 Å². The Labute approximate surface area is 163 Å². The highest BCUT2D eigenvalue weighted by molar-refractivity contribution is 7.22. The third-order valence-corrected chi connectivity index (χ3v) is 5.47. The van der Waals surface area contributed by atoms with Crippen molar-refractivity contribution >= 4 is 32.6 Å². The number of fused-ring (bicyclic) bond motifs is 1. The predicted octanol–water partition coefficient (Wildman–Crippen LogP) is 4.65. The van der Waals surface area contributed by atoms with Gasteiger partial charge in [0.05, 0.1) is 10.2 Å². The van der Waals surface area contributed by atoms with Crippen molar-refractivity contribution in [3.05, 3.63) is 58.9 Å². The Bertz CT molecular complexity index is 967. The zero-order valence-corrected chi connectivity index (χ0v) is 16.9. The molecule has 0 saturated heterocycles. The summed E-state index contributed by atoms with van der Waals surface area (Å²) in [4.78, 5) is 21.8. The number of carbonyl (C=O) groups is 1. The van der Waals surface area contributed by atoms with E-state index in [1.165, 1.54) is 23.5 Å². The average molecular weight is 386 g/mol. The maximum atomic E-state index is 13.6. The Balaban J connectivity index is 1.98. The molecule has 3 aromatic rings. The maximum Gasteiger partial charge on any atom is 0.260 e. The molecule has 2 aromatic carbocycles. The van der Waals surface area contributed by atoms with Gasteiger partial charge in [-0.3, -0.25) is 9.69 Å². The highest BCUT2D eigenvalue weighted by atomic mass is 32.1. The number of rotatable bonds is 6. The number of nitrogens with zero attached hydrogens (tertiary/aromatic N) is 3. The van der Waals surface area contributed by atoms with Crippen molar-refractivity contribution in [1.82, 2.24) is 9.88 Å². The number of halogens is 1. The van der Waals surface area contributed by atoms with E-state index >= 15 is 0 Å². The molecule has 6 heteroatoms. The van der Waals surface area contributed by atoms with Crippen LogP contribution in [0.1, 0.15) is 27.9 Å². The molecule has 3 rings (SSSR count). The molecule has 0 aliphatic rings. The average Bonchev–Trinajstić information content (AvgIpc) is 3.02. The summed E-state index contributed by atoms with van der Waals surface area (Å²) in [6, 6.07) is 10.4. The lowest BCUT2D eigenvalue weighted by Gasteiger charge is -2.22. The molecular weight excluding hydrogens is 361 g/mol. The normalized spacial score (nSPS) is 11.3. The van der Waals surface area contributed by atoms with Crippen molar-refractivity contribution in [2.45, 2.75) is 20.3 Å². The highest BCUT2D eigenvalue weighted by Crippen LogP contribution is 2.31. The summed E-state index contributed by atoms with van der Waals surface area (Å²) in [7, 11) is 4.02. The van der Waals surface area contributed by atoms with Gasteiger partial charge in [-0.1, -0.05) is 29.0 Å². The molecule has 142 valence electrons. The molecule has 0 aliphatic heterocycles. The van der Waals surface area contributed by atoms with Crippen LogP contribution in [0.3, 0.4) is 0 Å². The first-order valence-corrected chi connectivity index (χ1v) is 9.77. The van der Waals surface area contributed by atoms with Crippen molar-refractivity contribution in [1.29, 1.82) is 0 Å². The van der Waals surface area contributed by atoms with Gasteiger partial charge in [0.2, 0.25) is 0 Å². The summed E-state index contributed by atoms with van der Waals surface area (Å²) in [5, 5.41) is 0.611. The van der Waals surface area contributed by atoms with Gasteiger partial charge >= 0.3 is 0 Å². The Kier molecular flexibility index (Phi) is 5.87. The maximum absolute atomic E-state index is 13.6. The van der Waals surface area contributed by atoms with Crippen molar-refractivity contribution < 1.29 is 9.18 Å². The van der Waals surface area contributed by atoms with Gasteiger partial charge in [0.1, 0.15) is 5.82 Å². The Hall–Kier alpha value is -2.31. The zero-order chi connectivity index (χ0) is 19.6. The standard InChI is InChI=1S/C21H24FN3OS/c1-14-6-7-15(2)17(12-14)20(26)25(11-5-10-24(3)4)21-23-18-9-8-16(22)13-19(18)27-21/h6-9,12-13H,5,10-11H2,1-4H3. The quantitative estimate of drug-likeness (QED) is 0.620. The lowest BCUT2D eigenvalue weighted by atomic mass is 10.0. The number of hydrogen-bond donors (Lipinski definition) is 0. The van der Waals surface area contributed by atoms with Crippen LogP contribution in [0.2, 0.25) is 0 Å². The van der Waals surface area contributed by atoms with Crippen LogP contribution in [0, 0.1) is 19.7 Å². The monoisotopic (exact) mass is 385 g/mol. The van der Waals surface area contributed by atoms with Crippen LogP contribution in [-0.2, 0) is 0 Å². The van der Waals surface area contributed by atoms with Gasteiger partial charge in [-0.05, 0) is 70.7 Å². The van der Waals surface area contributed by atoms with Crippen molar-refractivity contribution in [3.63, 3.8) is 0 Å². The topological polar surface area (TPSA) is 36.4 Å². The van der Waals surface area contributed by atoms with Gasteiger partial charge in [-0.25, -0.2) is 9.37 Å². The van der Waals surface area contributed by atoms with Crippen LogP contribution in [0.25, 0.3) is 10.2 Å². The fourth-order valence-corrected chi connectivity index (χ4v) is 3.96. The molecule has 4 nitrogen and oxygen atoms in total. The van der Waals surface area contributed by atoms with E-state index in [0.29, 0.717) is 22.8 Å². The molecule has 27 heavy (non-hydrogen) atoms. The van der Waals surface area contributed by atoms with Crippen LogP contribution >= 0.6 is 11.3 Å². The first-order chi connectivity index (χ1) is 12.8. The second-order valence-electron chi connectivity index (χ2n) is 7.04. The largest absolute Gasteiger partial charge is 0.309 e. The van der Waals surface area contributed by atoms with Crippen molar-refractivity contribution in [2.24, 2.45) is 0 Å². The summed E-state index contributed by atoms with van der Waals surface area (Å²) in [5.41, 5.74) is 3.38. The van der Waals surface area contributed by atoms with E-state index in [1.54, 1.807) is 11.0 Å². The molecule has 0 unspecified atom stereocenters. The Morgan fingerprint density at radius 1 is 1.11 bits per heavy atom. The van der Waals surface area contributed by atoms with E-state index in [2.05, 4.69) is 9.88 Å². The third-order valence-electron chi connectivity index (χ3n) is 4.43. The van der Waals surface area contributed by atoms with E-state index in [9.17, 15) is 9.18 Å². The molecular formula is C21H24FN3OS. The molecule has 1 amide bonds. The Morgan fingerprint density at radius 3 is 2.63 bits per heavy atom. The molecule has 0 aliphatic carbocycles. The van der Waals surface area contributed by atoms with E-state index in [4.69, 9.17) is 0 Å². The van der Waals surface area contributed by atoms with Gasteiger partial charge in [-0.15, -0.1) is 0 Å². The first-order valence-electron chi connectivity index (χ1n) is 8.95. The summed E-state index contributed by atoms with van der Waals surface area (Å²) in [6.45, 7) is 5.36. The van der Waals surface area contributed by atoms with Gasteiger partial charge in [0.25, 0.3) is 5.91 Å². The molecule has 0 radical (unpaired) electrons. The minimum absolute atomic E-state index is 0.0607. The number of hydrogen-bond acceptors (Lipinski definition) is 4. The summed E-state index contributed by atoms with van der Waals surface area (Å²) in [5.74, 6) is -0.354. The highest BCUT2D eigenvalue weighted by Gasteiger charge is 2.22. The summed E-state index contributed by atoms with van der Waals surface area (Å²) in [6.07, 6.45) is 0.827. The van der Waals surface area contributed by atoms with Crippen LogP contribution in [0.5, 0.6) is 0 Å². The number of thiazole rings is 1. The number of benzene rings is 2. The van der Waals surface area contributed by atoms with Gasteiger partial charge < -0.3 is 4.90 Å². The molecule has 0 atom stereocenters. The number of amides is 1. The van der Waals surface area contributed by atoms with E-state index < -0.39 is 0 Å². The number of anilines is 1. The fraction of sp³-hybridized carbons (Fsp3) is 0.333. The van der Waals surface area contributed by atoms with Crippen LogP contribution < -0.4 is 4.90 Å². The van der Waals surface area contributed by atoms with Crippen molar-refractivity contribution in [2.75, 3.05) is 32.1 Å². The lowest BCUT2D eigenvalue weighted by Crippen LogP contribution is -2.34. The zero-order valence-electron chi connectivity index (χ0n) is 16.1. The minimum Gasteiger partial charge on any atom is -0.309 e. The van der Waals surface area contributed by atoms with Crippen LogP contribution in [0.15, 0.2) is 36.4 Å². The summed E-state index contributed by atoms with van der Waals surface area (Å²) >= 11 is 1.35. The number of carbonyl (C=O) groups excluding carboxylic acids is 1. The first kappa shape index (κ1) is 19.5. The third kappa shape index (κ3) is 4.51. The molecule has 0 N–H and O–H groups in total. The van der Waals surface area contributed by atoms with Gasteiger partial charge in [0, 0.05) is 12.1 Å². The minimum atomic E-state index is -0.294. The fourth-order valence-electron chi connectivity index (χ4n) is 2.94. The molecule has 0 saturated carbocycles. The molecule has 0 spiro atoms. The lowest BCUT2D eigenvalue weighted by molar-refractivity contribution is 0.0985. The summed E-state index contributed by atoms with van der Waals surface area (Å²) < 4.78 is 14.3. The Morgan fingerprint density at radius 2 is 1.89 bits per heavy atom. The van der Waals surface area contributed by atoms with Crippen molar-refractivity contribution in [3.8, 4) is 0 Å². The SMILES string of the molecule is Cc1ccc(C)c(C(=O)N(CCCN(C)C)c2nc3ccc(F)cc3s2)c1. The second-order valence-corrected chi connectivity index (χ2v) is 8.05. The van der Waals surface area contributed by atoms with Crippen LogP contribution in [-0.4, -0.2) is 43.0 Å². The van der Waals surface area contributed by atoms with E-state index in [-0.39, 0.29) is 11.7 Å². The number of aryl methyl sites for hydroxylation is 2. The van der Waals surface area contributed by atoms with E-state index in [1.807, 2.05) is 46.1 Å². The predicted molar refractivity (Wildman–Crippen MR) is 110 cm³/mol. The van der Waals surface area contributed by atoms with Gasteiger partial charge in [0.15, 0.2) is 5.13 Å². The smallest absolute Gasteiger partial charge is 0.260 e. The van der Waals surface area contributed by atoms with E-state index in [0.717, 1.165) is 28.8 Å². The number of aromatic nitrogens is 1. The van der Waals surface area contributed by atoms with Gasteiger partial charge in [-0.2, -0.15) is 0 Å². The second kappa shape index (κ2) is 8.15. The molecule has 0 bridgehead atoms.